The first-order valence-electron chi connectivity index (χ1n) is 4.54. The molecule has 1 fully saturated rings. The minimum atomic E-state index is 1.29. The van der Waals surface area contributed by atoms with E-state index in [1.807, 2.05) is 12.4 Å². The van der Waals surface area contributed by atoms with Gasteiger partial charge in [0.05, 0.1) is 0 Å². The van der Waals surface area contributed by atoms with E-state index in [0.29, 0.717) is 0 Å². The zero-order chi connectivity index (χ0) is 8.23. The van der Waals surface area contributed by atoms with Crippen LogP contribution in [0.25, 0.3) is 6.08 Å². The van der Waals surface area contributed by atoms with Crippen molar-refractivity contribution < 1.29 is 0 Å². The van der Waals surface area contributed by atoms with Crippen LogP contribution in [0.1, 0.15) is 31.2 Å². The van der Waals surface area contributed by atoms with Crippen molar-refractivity contribution in [3.05, 3.63) is 35.7 Å². The standard InChI is InChI=1S/C11H13N/c1-2-4-10(3-1)9-11-5-7-12-8-6-11/h5-9H,1-4H2. The Morgan fingerprint density at radius 2 is 1.75 bits per heavy atom. The van der Waals surface area contributed by atoms with Crippen molar-refractivity contribution in [2.75, 3.05) is 0 Å². The normalized spacial score (nSPS) is 16.5. The van der Waals surface area contributed by atoms with Crippen LogP contribution in [0.15, 0.2) is 30.1 Å². The lowest BCUT2D eigenvalue weighted by atomic mass is 10.1. The molecule has 0 amide bonds. The van der Waals surface area contributed by atoms with Crippen LogP contribution in [0.5, 0.6) is 0 Å². The maximum Gasteiger partial charge on any atom is 0.0273 e. The van der Waals surface area contributed by atoms with E-state index in [2.05, 4.69) is 23.2 Å². The number of hydrogen-bond donors (Lipinski definition) is 0. The first-order valence-corrected chi connectivity index (χ1v) is 4.54. The summed E-state index contributed by atoms with van der Waals surface area (Å²) in [6, 6.07) is 4.12. The van der Waals surface area contributed by atoms with Crippen molar-refractivity contribution in [1.82, 2.24) is 4.98 Å². The molecule has 0 atom stereocenters. The molecule has 0 N–H and O–H groups in total. The second-order valence-corrected chi connectivity index (χ2v) is 3.29. The highest BCUT2D eigenvalue weighted by molar-refractivity contribution is 5.52. The molecule has 1 aliphatic rings. The summed E-state index contributed by atoms with van der Waals surface area (Å²) in [7, 11) is 0. The first-order chi connectivity index (χ1) is 5.95. The van der Waals surface area contributed by atoms with E-state index < -0.39 is 0 Å². The Labute approximate surface area is 73.1 Å². The number of allylic oxidation sites excluding steroid dienone is 1. The van der Waals surface area contributed by atoms with Crippen LogP contribution in [0.2, 0.25) is 0 Å². The predicted octanol–water partition coefficient (Wildman–Crippen LogP) is 3.04. The molecular formula is C11H13N. The van der Waals surface area contributed by atoms with Crippen LogP contribution >= 0.6 is 0 Å². The van der Waals surface area contributed by atoms with Crippen molar-refractivity contribution in [2.45, 2.75) is 25.7 Å². The zero-order valence-electron chi connectivity index (χ0n) is 7.16. The van der Waals surface area contributed by atoms with E-state index in [9.17, 15) is 0 Å². The van der Waals surface area contributed by atoms with Crippen LogP contribution in [0.4, 0.5) is 0 Å². The lowest BCUT2D eigenvalue weighted by Gasteiger charge is -1.95. The van der Waals surface area contributed by atoms with Crippen LogP contribution in [0.3, 0.4) is 0 Å². The summed E-state index contributed by atoms with van der Waals surface area (Å²) in [6.45, 7) is 0. The Hall–Kier alpha value is -1.11. The van der Waals surface area contributed by atoms with Crippen LogP contribution in [0, 0.1) is 0 Å². The maximum absolute atomic E-state index is 3.99. The summed E-state index contributed by atoms with van der Waals surface area (Å²) in [6.07, 6.45) is 11.3. The Bertz CT molecular complexity index is 266. The lowest BCUT2D eigenvalue weighted by molar-refractivity contribution is 0.886. The van der Waals surface area contributed by atoms with Gasteiger partial charge in [-0.3, -0.25) is 4.98 Å². The van der Waals surface area contributed by atoms with E-state index in [4.69, 9.17) is 0 Å². The fraction of sp³-hybridized carbons (Fsp3) is 0.364. The van der Waals surface area contributed by atoms with E-state index in [-0.39, 0.29) is 0 Å². The number of hydrogen-bond acceptors (Lipinski definition) is 1. The summed E-state index contributed by atoms with van der Waals surface area (Å²) in [5.41, 5.74) is 2.89. The van der Waals surface area contributed by atoms with Gasteiger partial charge in [0, 0.05) is 12.4 Å². The molecule has 0 saturated heterocycles. The topological polar surface area (TPSA) is 12.9 Å². The van der Waals surface area contributed by atoms with Gasteiger partial charge in [-0.2, -0.15) is 0 Å². The molecule has 1 heterocycles. The molecule has 1 saturated carbocycles. The van der Waals surface area contributed by atoms with E-state index >= 15 is 0 Å². The molecule has 62 valence electrons. The minimum Gasteiger partial charge on any atom is -0.265 e. The number of pyridine rings is 1. The molecule has 1 aromatic heterocycles. The van der Waals surface area contributed by atoms with Crippen LogP contribution < -0.4 is 0 Å². The highest BCUT2D eigenvalue weighted by atomic mass is 14.6. The van der Waals surface area contributed by atoms with Crippen molar-refractivity contribution in [2.24, 2.45) is 0 Å². The Balaban J connectivity index is 2.16. The van der Waals surface area contributed by atoms with Gasteiger partial charge in [-0.25, -0.2) is 0 Å². The average Bonchev–Trinajstić information content (AvgIpc) is 2.59. The number of aromatic nitrogens is 1. The van der Waals surface area contributed by atoms with Gasteiger partial charge in [-0.1, -0.05) is 11.6 Å². The molecule has 0 bridgehead atoms. The fourth-order valence-corrected chi connectivity index (χ4v) is 1.67. The van der Waals surface area contributed by atoms with E-state index in [1.54, 1.807) is 5.57 Å². The van der Waals surface area contributed by atoms with Crippen LogP contribution in [-0.2, 0) is 0 Å². The quantitative estimate of drug-likeness (QED) is 0.613. The maximum atomic E-state index is 3.99. The summed E-state index contributed by atoms with van der Waals surface area (Å²) in [4.78, 5) is 3.99. The molecule has 0 spiro atoms. The highest BCUT2D eigenvalue weighted by Gasteiger charge is 2.05. The summed E-state index contributed by atoms with van der Waals surface area (Å²) in [5, 5.41) is 0. The molecule has 1 aromatic rings. The molecule has 2 rings (SSSR count). The Kier molecular flexibility index (Phi) is 2.21. The Morgan fingerprint density at radius 3 is 2.42 bits per heavy atom. The van der Waals surface area contributed by atoms with Gasteiger partial charge < -0.3 is 0 Å². The second kappa shape index (κ2) is 3.53. The minimum absolute atomic E-state index is 1.29. The van der Waals surface area contributed by atoms with Gasteiger partial charge in [0.25, 0.3) is 0 Å². The molecule has 0 aliphatic heterocycles. The largest absolute Gasteiger partial charge is 0.265 e. The zero-order valence-corrected chi connectivity index (χ0v) is 7.16. The average molecular weight is 159 g/mol. The van der Waals surface area contributed by atoms with Gasteiger partial charge in [0.1, 0.15) is 0 Å². The van der Waals surface area contributed by atoms with Gasteiger partial charge in [-0.05, 0) is 43.4 Å². The van der Waals surface area contributed by atoms with Crippen molar-refractivity contribution >= 4 is 6.08 Å². The van der Waals surface area contributed by atoms with Gasteiger partial charge in [-0.15, -0.1) is 0 Å². The molecular weight excluding hydrogens is 146 g/mol. The third-order valence-corrected chi connectivity index (χ3v) is 2.32. The third kappa shape index (κ3) is 1.73. The second-order valence-electron chi connectivity index (χ2n) is 3.29. The van der Waals surface area contributed by atoms with E-state index in [0.717, 1.165) is 0 Å². The molecule has 0 aromatic carbocycles. The van der Waals surface area contributed by atoms with Gasteiger partial charge in [0.15, 0.2) is 0 Å². The third-order valence-electron chi connectivity index (χ3n) is 2.32. The van der Waals surface area contributed by atoms with Gasteiger partial charge >= 0.3 is 0 Å². The monoisotopic (exact) mass is 159 g/mol. The molecule has 12 heavy (non-hydrogen) atoms. The number of nitrogens with zero attached hydrogens (tertiary/aromatic N) is 1. The molecule has 1 nitrogen and oxygen atoms in total. The molecule has 0 unspecified atom stereocenters. The highest BCUT2D eigenvalue weighted by Crippen LogP contribution is 2.25. The van der Waals surface area contributed by atoms with Crippen molar-refractivity contribution in [3.8, 4) is 0 Å². The Morgan fingerprint density at radius 1 is 1.08 bits per heavy atom. The molecule has 1 aliphatic carbocycles. The van der Waals surface area contributed by atoms with Crippen molar-refractivity contribution in [1.29, 1.82) is 0 Å². The fourth-order valence-electron chi connectivity index (χ4n) is 1.67. The SMILES string of the molecule is C(=C1CCCC1)c1ccncc1. The van der Waals surface area contributed by atoms with Crippen LogP contribution in [-0.4, -0.2) is 4.98 Å². The van der Waals surface area contributed by atoms with Gasteiger partial charge in [0.2, 0.25) is 0 Å². The lowest BCUT2D eigenvalue weighted by Crippen LogP contribution is -1.76. The smallest absolute Gasteiger partial charge is 0.0273 e. The number of rotatable bonds is 1. The summed E-state index contributed by atoms with van der Waals surface area (Å²) < 4.78 is 0. The molecule has 1 heteroatoms. The molecule has 0 radical (unpaired) electrons. The van der Waals surface area contributed by atoms with E-state index in [1.165, 1.54) is 31.2 Å². The first kappa shape index (κ1) is 7.53. The van der Waals surface area contributed by atoms with Crippen molar-refractivity contribution in [3.63, 3.8) is 0 Å². The predicted molar refractivity (Wildman–Crippen MR) is 50.7 cm³/mol. The summed E-state index contributed by atoms with van der Waals surface area (Å²) in [5.74, 6) is 0. The summed E-state index contributed by atoms with van der Waals surface area (Å²) >= 11 is 0.